The van der Waals surface area contributed by atoms with Gasteiger partial charge in [-0.1, -0.05) is 6.08 Å². The Balaban J connectivity index is 1.82. The predicted molar refractivity (Wildman–Crippen MR) is 93.4 cm³/mol. The Hall–Kier alpha value is -3.54. The quantitative estimate of drug-likeness (QED) is 0.273. The number of amides is 2. The first-order valence-electron chi connectivity index (χ1n) is 7.86. The Morgan fingerprint density at radius 3 is 2.23 bits per heavy atom. The van der Waals surface area contributed by atoms with Crippen LogP contribution in [-0.4, -0.2) is 35.0 Å². The van der Waals surface area contributed by atoms with Crippen LogP contribution in [0.5, 0.6) is 5.75 Å². The Morgan fingerprint density at radius 1 is 1.00 bits per heavy atom. The number of fused-ring (bicyclic) bond motifs is 1. The molecule has 1 heterocycles. The van der Waals surface area contributed by atoms with Crippen LogP contribution >= 0.6 is 0 Å². The number of esters is 1. The van der Waals surface area contributed by atoms with E-state index >= 15 is 0 Å². The minimum absolute atomic E-state index is 0.0891. The topological polar surface area (TPSA) is 80.8 Å². The molecule has 1 aliphatic heterocycles. The molecular weight excluding hydrogens is 334 g/mol. The van der Waals surface area contributed by atoms with Crippen LogP contribution in [0.3, 0.4) is 0 Å². The lowest BCUT2D eigenvalue weighted by molar-refractivity contribution is 0.0670. The molecule has 6 nitrogen and oxygen atoms in total. The van der Waals surface area contributed by atoms with Crippen LogP contribution in [0.2, 0.25) is 0 Å². The molecule has 3 rings (SSSR count). The highest BCUT2D eigenvalue weighted by Gasteiger charge is 2.35. The molecule has 0 bridgehead atoms. The van der Waals surface area contributed by atoms with Gasteiger partial charge < -0.3 is 4.74 Å². The molecule has 0 spiro atoms. The summed E-state index contributed by atoms with van der Waals surface area (Å²) in [5.41, 5.74) is 1.08. The number of hydrogen-bond acceptors (Lipinski definition) is 5. The maximum absolute atomic E-state index is 12.3. The van der Waals surface area contributed by atoms with Crippen molar-refractivity contribution in [1.29, 1.82) is 0 Å². The number of ketones is 1. The molecule has 0 atom stereocenters. The van der Waals surface area contributed by atoms with Gasteiger partial charge in [0.25, 0.3) is 11.8 Å². The fourth-order valence-corrected chi connectivity index (χ4v) is 2.64. The number of imide groups is 1. The molecule has 2 aromatic carbocycles. The highest BCUT2D eigenvalue weighted by molar-refractivity contribution is 6.22. The van der Waals surface area contributed by atoms with Gasteiger partial charge in [0.2, 0.25) is 0 Å². The molecule has 0 saturated heterocycles. The molecule has 0 N–H and O–H groups in total. The van der Waals surface area contributed by atoms with Crippen molar-refractivity contribution in [2.45, 2.75) is 6.92 Å². The molecule has 1 aliphatic rings. The molecule has 6 heteroatoms. The molecule has 0 aliphatic carbocycles. The minimum atomic E-state index is -0.661. The van der Waals surface area contributed by atoms with Crippen LogP contribution in [0.15, 0.2) is 55.1 Å². The van der Waals surface area contributed by atoms with Gasteiger partial charge in [0.1, 0.15) is 5.75 Å². The number of Topliss-reactive ketones (excluding diaryl/α,β-unsaturated/α-hetero) is 1. The fourth-order valence-electron chi connectivity index (χ4n) is 2.64. The first kappa shape index (κ1) is 17.3. The third-order valence-electron chi connectivity index (χ3n) is 3.99. The molecule has 0 radical (unpaired) electrons. The first-order valence-corrected chi connectivity index (χ1v) is 7.86. The van der Waals surface area contributed by atoms with Gasteiger partial charge in [-0.25, -0.2) is 4.79 Å². The summed E-state index contributed by atoms with van der Waals surface area (Å²) >= 11 is 0. The number of benzene rings is 2. The number of carbonyl (C=O) groups is 4. The van der Waals surface area contributed by atoms with Crippen molar-refractivity contribution in [2.24, 2.45) is 0 Å². The van der Waals surface area contributed by atoms with Crippen molar-refractivity contribution >= 4 is 23.6 Å². The van der Waals surface area contributed by atoms with E-state index in [4.69, 9.17) is 4.74 Å². The molecule has 0 saturated carbocycles. The molecule has 2 amide bonds. The van der Waals surface area contributed by atoms with Crippen molar-refractivity contribution in [3.63, 3.8) is 0 Å². The number of ether oxygens (including phenoxy) is 1. The van der Waals surface area contributed by atoms with Gasteiger partial charge in [0, 0.05) is 12.1 Å². The monoisotopic (exact) mass is 349 g/mol. The molecule has 2 aromatic rings. The van der Waals surface area contributed by atoms with Gasteiger partial charge in [-0.15, -0.1) is 6.58 Å². The zero-order valence-corrected chi connectivity index (χ0v) is 14.0. The largest absolute Gasteiger partial charge is 0.423 e. The Bertz CT molecular complexity index is 943. The second-order valence-electron chi connectivity index (χ2n) is 5.74. The lowest BCUT2D eigenvalue weighted by atomic mass is 10.1. The number of rotatable bonds is 5. The zero-order chi connectivity index (χ0) is 18.8. The summed E-state index contributed by atoms with van der Waals surface area (Å²) in [7, 11) is 0. The van der Waals surface area contributed by atoms with Gasteiger partial charge in [-0.2, -0.15) is 0 Å². The van der Waals surface area contributed by atoms with E-state index in [2.05, 4.69) is 6.58 Å². The number of hydrogen-bond donors (Lipinski definition) is 0. The lowest BCUT2D eigenvalue weighted by Gasteiger charge is -2.09. The van der Waals surface area contributed by atoms with E-state index in [1.54, 1.807) is 12.1 Å². The third-order valence-corrected chi connectivity index (χ3v) is 3.99. The number of nitrogens with zero attached hydrogens (tertiary/aromatic N) is 1. The van der Waals surface area contributed by atoms with Crippen LogP contribution in [0.1, 0.15) is 48.4 Å². The molecule has 26 heavy (non-hydrogen) atoms. The summed E-state index contributed by atoms with van der Waals surface area (Å²) in [5, 5.41) is 0. The van der Waals surface area contributed by atoms with Gasteiger partial charge in [0.05, 0.1) is 16.7 Å². The maximum atomic E-state index is 12.3. The van der Waals surface area contributed by atoms with Crippen LogP contribution in [0.4, 0.5) is 0 Å². The van der Waals surface area contributed by atoms with E-state index in [0.29, 0.717) is 5.56 Å². The third kappa shape index (κ3) is 3.04. The lowest BCUT2D eigenvalue weighted by Crippen LogP contribution is -2.29. The smallest absolute Gasteiger partial charge is 0.343 e. The summed E-state index contributed by atoms with van der Waals surface area (Å²) in [6.07, 6.45) is 1.46. The second kappa shape index (κ2) is 6.76. The van der Waals surface area contributed by atoms with E-state index in [-0.39, 0.29) is 34.8 Å². The predicted octanol–water partition coefficient (Wildman–Crippen LogP) is 2.89. The van der Waals surface area contributed by atoms with Gasteiger partial charge >= 0.3 is 5.97 Å². The molecule has 130 valence electrons. The molecule has 0 fully saturated rings. The van der Waals surface area contributed by atoms with E-state index in [9.17, 15) is 19.2 Å². The van der Waals surface area contributed by atoms with Crippen molar-refractivity contribution in [3.05, 3.63) is 77.4 Å². The van der Waals surface area contributed by atoms with Crippen LogP contribution < -0.4 is 4.74 Å². The van der Waals surface area contributed by atoms with E-state index in [1.807, 2.05) is 0 Å². The standard InChI is InChI=1S/C20H15NO5/c1-3-10-21-18(23)16-9-6-14(11-17(16)19(21)24)20(25)26-15-7-4-13(5-8-15)12(2)22/h3-9,11H,1,10H2,2H3. The molecular formula is C20H15NO5. The zero-order valence-electron chi connectivity index (χ0n) is 14.0. The van der Waals surface area contributed by atoms with Crippen molar-refractivity contribution < 1.29 is 23.9 Å². The summed E-state index contributed by atoms with van der Waals surface area (Å²) in [6.45, 7) is 5.07. The average Bonchev–Trinajstić information content (AvgIpc) is 2.87. The summed E-state index contributed by atoms with van der Waals surface area (Å²) < 4.78 is 5.26. The molecule has 0 unspecified atom stereocenters. The average molecular weight is 349 g/mol. The Kier molecular flexibility index (Phi) is 4.49. The summed E-state index contributed by atoms with van der Waals surface area (Å²) in [4.78, 5) is 49.1. The van der Waals surface area contributed by atoms with Crippen molar-refractivity contribution in [1.82, 2.24) is 4.90 Å². The SMILES string of the molecule is C=CCN1C(=O)c2ccc(C(=O)Oc3ccc(C(C)=O)cc3)cc2C1=O. The molecule has 0 aromatic heterocycles. The maximum Gasteiger partial charge on any atom is 0.343 e. The van der Waals surface area contributed by atoms with Gasteiger partial charge in [-0.05, 0) is 49.4 Å². The number of carbonyl (C=O) groups excluding carboxylic acids is 4. The van der Waals surface area contributed by atoms with Gasteiger partial charge in [-0.3, -0.25) is 19.3 Å². The Labute approximate surface area is 149 Å². The minimum Gasteiger partial charge on any atom is -0.423 e. The van der Waals surface area contributed by atoms with Crippen LogP contribution in [0, 0.1) is 0 Å². The normalized spacial score (nSPS) is 12.7. The Morgan fingerprint density at radius 2 is 1.62 bits per heavy atom. The van der Waals surface area contributed by atoms with Gasteiger partial charge in [0.15, 0.2) is 5.78 Å². The highest BCUT2D eigenvalue weighted by Crippen LogP contribution is 2.24. The van der Waals surface area contributed by atoms with Crippen LogP contribution in [0.25, 0.3) is 0 Å². The van der Waals surface area contributed by atoms with E-state index in [0.717, 1.165) is 4.90 Å². The second-order valence-corrected chi connectivity index (χ2v) is 5.74. The van der Waals surface area contributed by atoms with E-state index < -0.39 is 17.8 Å². The summed E-state index contributed by atoms with van der Waals surface area (Å²) in [5.74, 6) is -1.36. The van der Waals surface area contributed by atoms with Crippen molar-refractivity contribution in [2.75, 3.05) is 6.54 Å². The van der Waals surface area contributed by atoms with Crippen molar-refractivity contribution in [3.8, 4) is 5.75 Å². The first-order chi connectivity index (χ1) is 12.4. The van der Waals surface area contributed by atoms with Crippen LogP contribution in [-0.2, 0) is 0 Å². The van der Waals surface area contributed by atoms with E-state index in [1.165, 1.54) is 43.3 Å². The highest BCUT2D eigenvalue weighted by atomic mass is 16.5. The fraction of sp³-hybridized carbons (Fsp3) is 0.100. The summed E-state index contributed by atoms with van der Waals surface area (Å²) in [6, 6.07) is 10.4.